The van der Waals surface area contributed by atoms with Gasteiger partial charge >= 0.3 is 0 Å². The average molecular weight is 374 g/mol. The second kappa shape index (κ2) is 7.63. The fraction of sp³-hybridized carbons (Fsp3) is 0.167. The van der Waals surface area contributed by atoms with Gasteiger partial charge in [-0.3, -0.25) is 9.59 Å². The van der Waals surface area contributed by atoms with Crippen molar-refractivity contribution in [3.8, 4) is 0 Å². The number of hydrogen-bond donors (Lipinski definition) is 3. The van der Waals surface area contributed by atoms with Crippen LogP contribution in [0.3, 0.4) is 0 Å². The molecule has 3 rings (SSSR count). The zero-order valence-electron chi connectivity index (χ0n) is 13.2. The summed E-state index contributed by atoms with van der Waals surface area (Å²) >= 11 is 11.0. The van der Waals surface area contributed by atoms with Crippen LogP contribution >= 0.6 is 23.8 Å². The van der Waals surface area contributed by atoms with Gasteiger partial charge < -0.3 is 16.0 Å². The standard InChI is InChI=1S/C18H16ClN3O2S/c19-13-4-2-6-15(10-13)20-17(24)12-3-1-5-14(9-12)21-18(25)22-16(23)11-7-8-11/h1-6,9-11H,7-8H2,(H,20,24)(H2,21,22,23,25). The van der Waals surface area contributed by atoms with E-state index in [1.54, 1.807) is 48.5 Å². The van der Waals surface area contributed by atoms with Crippen LogP contribution in [0.5, 0.6) is 0 Å². The molecule has 0 radical (unpaired) electrons. The Morgan fingerprint density at radius 1 is 1.00 bits per heavy atom. The first kappa shape index (κ1) is 17.4. The minimum absolute atomic E-state index is 0.0626. The molecule has 1 saturated carbocycles. The Bertz CT molecular complexity index is 837. The summed E-state index contributed by atoms with van der Waals surface area (Å²) in [5, 5.41) is 9.13. The molecule has 1 fully saturated rings. The third kappa shape index (κ3) is 5.01. The SMILES string of the molecule is O=C(Nc1cccc(Cl)c1)c1cccc(NC(=S)NC(=O)C2CC2)c1. The number of benzene rings is 2. The Balaban J connectivity index is 1.63. The molecule has 0 atom stereocenters. The monoisotopic (exact) mass is 373 g/mol. The van der Waals surface area contributed by atoms with Crippen LogP contribution in [0.25, 0.3) is 0 Å². The number of rotatable bonds is 4. The Hall–Kier alpha value is -2.44. The van der Waals surface area contributed by atoms with E-state index in [-0.39, 0.29) is 22.8 Å². The highest BCUT2D eigenvalue weighted by Crippen LogP contribution is 2.28. The van der Waals surface area contributed by atoms with E-state index in [0.717, 1.165) is 12.8 Å². The second-order valence-corrected chi connectivity index (χ2v) is 6.61. The zero-order valence-corrected chi connectivity index (χ0v) is 14.8. The van der Waals surface area contributed by atoms with Crippen molar-refractivity contribution in [1.29, 1.82) is 0 Å². The largest absolute Gasteiger partial charge is 0.332 e. The van der Waals surface area contributed by atoms with Crippen LogP contribution in [0.4, 0.5) is 11.4 Å². The van der Waals surface area contributed by atoms with E-state index in [1.165, 1.54) is 0 Å². The van der Waals surface area contributed by atoms with Crippen molar-refractivity contribution < 1.29 is 9.59 Å². The van der Waals surface area contributed by atoms with Crippen LogP contribution in [0.2, 0.25) is 5.02 Å². The number of halogens is 1. The van der Waals surface area contributed by atoms with Crippen LogP contribution in [0.15, 0.2) is 48.5 Å². The van der Waals surface area contributed by atoms with Gasteiger partial charge in [0.25, 0.3) is 5.91 Å². The minimum atomic E-state index is -0.265. The molecule has 3 N–H and O–H groups in total. The molecule has 128 valence electrons. The van der Waals surface area contributed by atoms with Gasteiger partial charge in [0.1, 0.15) is 0 Å². The van der Waals surface area contributed by atoms with Gasteiger partial charge in [-0.25, -0.2) is 0 Å². The molecule has 7 heteroatoms. The van der Waals surface area contributed by atoms with Gasteiger partial charge in [-0.2, -0.15) is 0 Å². The van der Waals surface area contributed by atoms with Gasteiger partial charge in [0.05, 0.1) is 0 Å². The smallest absolute Gasteiger partial charge is 0.255 e. The van der Waals surface area contributed by atoms with Gasteiger partial charge in [-0.15, -0.1) is 0 Å². The highest BCUT2D eigenvalue weighted by atomic mass is 35.5. The highest BCUT2D eigenvalue weighted by molar-refractivity contribution is 7.80. The topological polar surface area (TPSA) is 70.2 Å². The van der Waals surface area contributed by atoms with Crippen LogP contribution in [0, 0.1) is 5.92 Å². The Morgan fingerprint density at radius 3 is 2.36 bits per heavy atom. The molecule has 5 nitrogen and oxygen atoms in total. The maximum Gasteiger partial charge on any atom is 0.255 e. The quantitative estimate of drug-likeness (QED) is 0.712. The summed E-state index contributed by atoms with van der Waals surface area (Å²) in [6, 6.07) is 13.8. The summed E-state index contributed by atoms with van der Waals surface area (Å²) in [6.07, 6.45) is 1.82. The molecule has 0 saturated heterocycles. The van der Waals surface area contributed by atoms with Crippen LogP contribution < -0.4 is 16.0 Å². The molecule has 0 unspecified atom stereocenters. The summed E-state index contributed by atoms with van der Waals surface area (Å²) in [7, 11) is 0. The lowest BCUT2D eigenvalue weighted by Gasteiger charge is -2.11. The van der Waals surface area contributed by atoms with E-state index in [1.807, 2.05) is 0 Å². The zero-order chi connectivity index (χ0) is 17.8. The number of carbonyl (C=O) groups excluding carboxylic acids is 2. The molecule has 1 aliphatic carbocycles. The third-order valence-corrected chi connectivity index (χ3v) is 4.09. The fourth-order valence-electron chi connectivity index (χ4n) is 2.23. The molecule has 2 amide bonds. The predicted molar refractivity (Wildman–Crippen MR) is 103 cm³/mol. The van der Waals surface area contributed by atoms with E-state index in [0.29, 0.717) is 22.0 Å². The lowest BCUT2D eigenvalue weighted by molar-refractivity contribution is -0.120. The van der Waals surface area contributed by atoms with Crippen molar-refractivity contribution >= 4 is 52.1 Å². The van der Waals surface area contributed by atoms with Crippen LogP contribution in [-0.4, -0.2) is 16.9 Å². The summed E-state index contributed by atoms with van der Waals surface area (Å²) < 4.78 is 0. The lowest BCUT2D eigenvalue weighted by Crippen LogP contribution is -2.35. The molecule has 0 aromatic heterocycles. The van der Waals surface area contributed by atoms with E-state index in [2.05, 4.69) is 16.0 Å². The predicted octanol–water partition coefficient (Wildman–Crippen LogP) is 3.82. The molecular weight excluding hydrogens is 358 g/mol. The summed E-state index contributed by atoms with van der Waals surface area (Å²) in [4.78, 5) is 24.1. The van der Waals surface area contributed by atoms with Gasteiger partial charge in [-0.1, -0.05) is 23.7 Å². The van der Waals surface area contributed by atoms with Gasteiger partial charge in [-0.05, 0) is 61.5 Å². The van der Waals surface area contributed by atoms with Gasteiger partial charge in [0, 0.05) is 27.9 Å². The molecule has 0 bridgehead atoms. The Labute approximate surface area is 155 Å². The fourth-order valence-corrected chi connectivity index (χ4v) is 2.64. The summed E-state index contributed by atoms with van der Waals surface area (Å²) in [5.41, 5.74) is 1.70. The first-order chi connectivity index (χ1) is 12.0. The van der Waals surface area contributed by atoms with E-state index in [4.69, 9.17) is 23.8 Å². The minimum Gasteiger partial charge on any atom is -0.332 e. The maximum atomic E-state index is 12.4. The molecule has 0 heterocycles. The van der Waals surface area contributed by atoms with E-state index in [9.17, 15) is 9.59 Å². The summed E-state index contributed by atoms with van der Waals surface area (Å²) in [5.74, 6) is -0.249. The maximum absolute atomic E-state index is 12.4. The van der Waals surface area contributed by atoms with Gasteiger partial charge in [0.15, 0.2) is 5.11 Å². The molecule has 25 heavy (non-hydrogen) atoms. The Morgan fingerprint density at radius 2 is 1.68 bits per heavy atom. The van der Waals surface area contributed by atoms with Crippen molar-refractivity contribution in [2.75, 3.05) is 10.6 Å². The molecular formula is C18H16ClN3O2S. The van der Waals surface area contributed by atoms with E-state index >= 15 is 0 Å². The highest BCUT2D eigenvalue weighted by Gasteiger charge is 2.30. The van der Waals surface area contributed by atoms with E-state index < -0.39 is 0 Å². The van der Waals surface area contributed by atoms with Crippen LogP contribution in [0.1, 0.15) is 23.2 Å². The number of hydrogen-bond acceptors (Lipinski definition) is 3. The molecule has 0 aliphatic heterocycles. The number of anilines is 2. The van der Waals surface area contributed by atoms with Crippen molar-refractivity contribution in [3.63, 3.8) is 0 Å². The normalized spacial score (nSPS) is 13.0. The number of amides is 2. The lowest BCUT2D eigenvalue weighted by atomic mass is 10.2. The van der Waals surface area contributed by atoms with Crippen molar-refractivity contribution in [2.45, 2.75) is 12.8 Å². The number of carbonyl (C=O) groups is 2. The first-order valence-electron chi connectivity index (χ1n) is 7.80. The first-order valence-corrected chi connectivity index (χ1v) is 8.59. The average Bonchev–Trinajstić information content (AvgIpc) is 3.40. The molecule has 2 aromatic carbocycles. The number of nitrogens with one attached hydrogen (secondary N) is 3. The summed E-state index contributed by atoms with van der Waals surface area (Å²) in [6.45, 7) is 0. The van der Waals surface area contributed by atoms with Crippen LogP contribution in [-0.2, 0) is 4.79 Å². The molecule has 0 spiro atoms. The van der Waals surface area contributed by atoms with Crippen molar-refractivity contribution in [1.82, 2.24) is 5.32 Å². The third-order valence-electron chi connectivity index (χ3n) is 3.65. The molecule has 2 aromatic rings. The second-order valence-electron chi connectivity index (χ2n) is 5.76. The van der Waals surface area contributed by atoms with Gasteiger partial charge in [0.2, 0.25) is 5.91 Å². The van der Waals surface area contributed by atoms with Crippen molar-refractivity contribution in [2.24, 2.45) is 5.92 Å². The Kier molecular flexibility index (Phi) is 5.31. The molecule has 1 aliphatic rings. The van der Waals surface area contributed by atoms with Crippen molar-refractivity contribution in [3.05, 3.63) is 59.1 Å². The number of thiocarbonyl (C=S) groups is 1.